The van der Waals surface area contributed by atoms with Gasteiger partial charge in [0.05, 0.1) is 18.6 Å². The number of carbonyl (C=O) groups excluding carboxylic acids is 1. The monoisotopic (exact) mass is 397 g/mol. The largest absolute Gasteiger partial charge is 0.480 e. The van der Waals surface area contributed by atoms with Gasteiger partial charge in [-0.25, -0.2) is 0 Å². The van der Waals surface area contributed by atoms with E-state index in [9.17, 15) is 9.59 Å². The van der Waals surface area contributed by atoms with Crippen LogP contribution in [-0.2, 0) is 9.59 Å². The number of rotatable bonds is 7. The van der Waals surface area contributed by atoms with E-state index in [1.54, 1.807) is 0 Å². The zero-order chi connectivity index (χ0) is 21.0. The van der Waals surface area contributed by atoms with Crippen molar-refractivity contribution in [1.29, 1.82) is 0 Å². The normalized spacial score (nSPS) is 17.9. The van der Waals surface area contributed by atoms with Crippen LogP contribution in [0.1, 0.15) is 38.3 Å². The number of likely N-dealkylation sites (tertiary alicyclic amines) is 1. The molecule has 0 bridgehead atoms. The van der Waals surface area contributed by atoms with Crippen molar-refractivity contribution < 1.29 is 14.7 Å². The van der Waals surface area contributed by atoms with Crippen LogP contribution in [0.4, 0.5) is 0 Å². The summed E-state index contributed by atoms with van der Waals surface area (Å²) in [6, 6.07) is 14.5. The van der Waals surface area contributed by atoms with Crippen LogP contribution in [-0.4, -0.2) is 65.5 Å². The number of aliphatic carboxylic acids is 1. The third kappa shape index (κ3) is 5.34. The Labute approximate surface area is 172 Å². The number of benzene rings is 2. The van der Waals surface area contributed by atoms with Crippen molar-refractivity contribution in [2.24, 2.45) is 0 Å². The summed E-state index contributed by atoms with van der Waals surface area (Å²) in [5.74, 6) is -0.770. The Bertz CT molecular complexity index is 861. The maximum absolute atomic E-state index is 12.8. The molecule has 1 amide bonds. The van der Waals surface area contributed by atoms with Crippen molar-refractivity contribution in [1.82, 2.24) is 15.1 Å². The standard InChI is InChI=1S/C23H31N3O3/c1-16(19-9-8-18-6-4-5-7-20(18)14-19)24-23(29)17(2)26-12-10-21(11-13-26)25(3)15-22(27)28/h4-9,14,16-17,21H,10-13,15H2,1-3H3,(H,24,29)(H,27,28). The first-order valence-corrected chi connectivity index (χ1v) is 10.3. The third-order valence-corrected chi connectivity index (χ3v) is 6.07. The molecule has 2 aromatic rings. The Morgan fingerprint density at radius 1 is 1.14 bits per heavy atom. The lowest BCUT2D eigenvalue weighted by Gasteiger charge is -2.38. The zero-order valence-corrected chi connectivity index (χ0v) is 17.5. The highest BCUT2D eigenvalue weighted by Gasteiger charge is 2.29. The van der Waals surface area contributed by atoms with Crippen LogP contribution in [0, 0.1) is 0 Å². The minimum atomic E-state index is -0.801. The fourth-order valence-corrected chi connectivity index (χ4v) is 4.12. The predicted octanol–water partition coefficient (Wildman–Crippen LogP) is 2.89. The van der Waals surface area contributed by atoms with Crippen LogP contribution < -0.4 is 5.32 Å². The number of hydrogen-bond acceptors (Lipinski definition) is 4. The molecule has 1 fully saturated rings. The van der Waals surface area contributed by atoms with Gasteiger partial charge < -0.3 is 10.4 Å². The lowest BCUT2D eigenvalue weighted by atomic mass is 10.0. The first kappa shape index (κ1) is 21.3. The molecule has 2 atom stereocenters. The molecule has 0 spiro atoms. The van der Waals surface area contributed by atoms with Gasteiger partial charge in [-0.1, -0.05) is 36.4 Å². The van der Waals surface area contributed by atoms with Gasteiger partial charge in [0.25, 0.3) is 0 Å². The zero-order valence-electron chi connectivity index (χ0n) is 17.5. The molecule has 29 heavy (non-hydrogen) atoms. The number of nitrogens with zero attached hydrogens (tertiary/aromatic N) is 2. The molecule has 0 aliphatic carbocycles. The smallest absolute Gasteiger partial charge is 0.317 e. The summed E-state index contributed by atoms with van der Waals surface area (Å²) >= 11 is 0. The third-order valence-electron chi connectivity index (χ3n) is 6.07. The fraction of sp³-hybridized carbons (Fsp3) is 0.478. The van der Waals surface area contributed by atoms with E-state index in [4.69, 9.17) is 5.11 Å². The summed E-state index contributed by atoms with van der Waals surface area (Å²) in [4.78, 5) is 27.8. The van der Waals surface area contributed by atoms with Crippen molar-refractivity contribution in [3.63, 3.8) is 0 Å². The second-order valence-electron chi connectivity index (χ2n) is 8.09. The number of hydrogen-bond donors (Lipinski definition) is 2. The van der Waals surface area contributed by atoms with Crippen molar-refractivity contribution in [3.05, 3.63) is 48.0 Å². The highest BCUT2D eigenvalue weighted by molar-refractivity contribution is 5.84. The van der Waals surface area contributed by atoms with Crippen molar-refractivity contribution in [3.8, 4) is 0 Å². The van der Waals surface area contributed by atoms with Gasteiger partial charge in [-0.2, -0.15) is 0 Å². The van der Waals surface area contributed by atoms with E-state index >= 15 is 0 Å². The Morgan fingerprint density at radius 3 is 2.45 bits per heavy atom. The van der Waals surface area contributed by atoms with Gasteiger partial charge in [0.1, 0.15) is 0 Å². The average Bonchev–Trinajstić information content (AvgIpc) is 2.72. The highest BCUT2D eigenvalue weighted by atomic mass is 16.4. The summed E-state index contributed by atoms with van der Waals surface area (Å²) in [5, 5.41) is 14.5. The molecule has 2 aromatic carbocycles. The minimum absolute atomic E-state index is 0.0306. The van der Waals surface area contributed by atoms with E-state index in [2.05, 4.69) is 40.5 Å². The summed E-state index contributed by atoms with van der Waals surface area (Å²) in [6.07, 6.45) is 1.75. The molecule has 1 aliphatic rings. The number of fused-ring (bicyclic) bond motifs is 1. The second kappa shape index (κ2) is 9.37. The number of carboxylic acids is 1. The van der Waals surface area contributed by atoms with Gasteiger partial charge in [0.2, 0.25) is 5.91 Å². The van der Waals surface area contributed by atoms with Gasteiger partial charge in [0, 0.05) is 19.1 Å². The maximum atomic E-state index is 12.8. The molecule has 6 nitrogen and oxygen atoms in total. The average molecular weight is 398 g/mol. The molecule has 0 aromatic heterocycles. The lowest BCUT2D eigenvalue weighted by molar-refractivity contribution is -0.138. The molecule has 0 saturated carbocycles. The Morgan fingerprint density at radius 2 is 1.79 bits per heavy atom. The van der Waals surface area contributed by atoms with E-state index in [1.807, 2.05) is 37.9 Å². The van der Waals surface area contributed by atoms with Crippen LogP contribution in [0.25, 0.3) is 10.8 Å². The quantitative estimate of drug-likeness (QED) is 0.752. The molecule has 1 saturated heterocycles. The number of amides is 1. The molecule has 6 heteroatoms. The molecular weight excluding hydrogens is 366 g/mol. The molecule has 1 aliphatic heterocycles. The topological polar surface area (TPSA) is 72.9 Å². The lowest BCUT2D eigenvalue weighted by Crippen LogP contribution is -2.51. The summed E-state index contributed by atoms with van der Waals surface area (Å²) in [5.41, 5.74) is 1.10. The van der Waals surface area contributed by atoms with E-state index < -0.39 is 5.97 Å². The molecule has 2 unspecified atom stereocenters. The second-order valence-corrected chi connectivity index (χ2v) is 8.09. The van der Waals surface area contributed by atoms with E-state index in [0.29, 0.717) is 0 Å². The van der Waals surface area contributed by atoms with Crippen molar-refractivity contribution in [2.45, 2.75) is 44.8 Å². The molecule has 2 N–H and O–H groups in total. The number of piperidine rings is 1. The first-order chi connectivity index (χ1) is 13.8. The van der Waals surface area contributed by atoms with Gasteiger partial charge in [-0.05, 0) is 56.1 Å². The van der Waals surface area contributed by atoms with Crippen molar-refractivity contribution >= 4 is 22.6 Å². The van der Waals surface area contributed by atoms with Crippen LogP contribution in [0.5, 0.6) is 0 Å². The number of likely N-dealkylation sites (N-methyl/N-ethyl adjacent to an activating group) is 1. The van der Waals surface area contributed by atoms with Crippen LogP contribution in [0.15, 0.2) is 42.5 Å². The number of carbonyl (C=O) groups is 2. The molecule has 3 rings (SSSR count). The Kier molecular flexibility index (Phi) is 6.87. The molecule has 1 heterocycles. The highest BCUT2D eigenvalue weighted by Crippen LogP contribution is 2.21. The SMILES string of the molecule is CC(NC(=O)C(C)N1CCC(N(C)CC(=O)O)CC1)c1ccc2ccccc2c1. The summed E-state index contributed by atoms with van der Waals surface area (Å²) < 4.78 is 0. The number of carboxylic acid groups (broad SMARTS) is 1. The summed E-state index contributed by atoms with van der Waals surface area (Å²) in [6.45, 7) is 5.62. The van der Waals surface area contributed by atoms with Gasteiger partial charge in [-0.15, -0.1) is 0 Å². The van der Waals surface area contributed by atoms with E-state index in [1.165, 1.54) is 10.8 Å². The van der Waals surface area contributed by atoms with Crippen molar-refractivity contribution in [2.75, 3.05) is 26.7 Å². The molecule has 0 radical (unpaired) electrons. The summed E-state index contributed by atoms with van der Waals surface area (Å²) in [7, 11) is 1.86. The number of nitrogens with one attached hydrogen (secondary N) is 1. The van der Waals surface area contributed by atoms with Crippen LogP contribution in [0.2, 0.25) is 0 Å². The van der Waals surface area contributed by atoms with Gasteiger partial charge in [0.15, 0.2) is 0 Å². The maximum Gasteiger partial charge on any atom is 0.317 e. The van der Waals surface area contributed by atoms with Gasteiger partial charge in [-0.3, -0.25) is 19.4 Å². The van der Waals surface area contributed by atoms with E-state index in [0.717, 1.165) is 31.5 Å². The van der Waals surface area contributed by atoms with Crippen LogP contribution in [0.3, 0.4) is 0 Å². The first-order valence-electron chi connectivity index (χ1n) is 10.3. The van der Waals surface area contributed by atoms with E-state index in [-0.39, 0.29) is 30.6 Å². The molecular formula is C23H31N3O3. The minimum Gasteiger partial charge on any atom is -0.480 e. The molecule has 156 valence electrons. The fourth-order valence-electron chi connectivity index (χ4n) is 4.12. The Balaban J connectivity index is 1.54. The van der Waals surface area contributed by atoms with Gasteiger partial charge >= 0.3 is 5.97 Å². The predicted molar refractivity (Wildman–Crippen MR) is 115 cm³/mol. The Hall–Kier alpha value is -2.44. The van der Waals surface area contributed by atoms with Crippen LogP contribution >= 0.6 is 0 Å².